The Balaban J connectivity index is 2.72. The second-order valence-corrected chi connectivity index (χ2v) is 5.03. The van der Waals surface area contributed by atoms with Crippen LogP contribution >= 0.6 is 0 Å². The van der Waals surface area contributed by atoms with E-state index >= 15 is 0 Å². The molecule has 2 N–H and O–H groups in total. The maximum Gasteiger partial charge on any atom is 0.259 e. The van der Waals surface area contributed by atoms with E-state index in [0.29, 0.717) is 11.4 Å². The van der Waals surface area contributed by atoms with Gasteiger partial charge >= 0.3 is 0 Å². The number of nitrogens with two attached hydrogens (primary N) is 1. The Labute approximate surface area is 123 Å². The van der Waals surface area contributed by atoms with Gasteiger partial charge in [0.05, 0.1) is 5.52 Å². The normalized spacial score (nSPS) is 11.2. The van der Waals surface area contributed by atoms with Gasteiger partial charge < -0.3 is 10.6 Å². The van der Waals surface area contributed by atoms with Gasteiger partial charge in [0.2, 0.25) is 0 Å². The molecule has 0 aliphatic carbocycles. The Kier molecular flexibility index (Phi) is 3.90. The van der Waals surface area contributed by atoms with Gasteiger partial charge in [0.25, 0.3) is 5.91 Å². The highest BCUT2D eigenvalue weighted by molar-refractivity contribution is 6.01. The summed E-state index contributed by atoms with van der Waals surface area (Å²) in [6.45, 7) is 2.01. The van der Waals surface area contributed by atoms with Crippen molar-refractivity contribution in [2.45, 2.75) is 6.92 Å². The monoisotopic (exact) mass is 280 g/mol. The maximum atomic E-state index is 11.2. The SMILES string of the molecule is Cc1ccc2cc(/C=C(/C#N)C(N)=O)c(N(C)C)nc2c1. The molecule has 0 spiro atoms. The molecule has 106 valence electrons. The summed E-state index contributed by atoms with van der Waals surface area (Å²) in [6.07, 6.45) is 1.48. The Morgan fingerprint density at radius 3 is 2.67 bits per heavy atom. The molecule has 0 aliphatic heterocycles. The average molecular weight is 280 g/mol. The zero-order valence-electron chi connectivity index (χ0n) is 12.2. The van der Waals surface area contributed by atoms with E-state index in [4.69, 9.17) is 11.0 Å². The van der Waals surface area contributed by atoms with Crippen LogP contribution in [0, 0.1) is 18.3 Å². The second-order valence-electron chi connectivity index (χ2n) is 5.03. The molecule has 0 fully saturated rings. The van der Waals surface area contributed by atoms with Crippen molar-refractivity contribution in [3.8, 4) is 6.07 Å². The van der Waals surface area contributed by atoms with Crippen LogP contribution in [0.4, 0.5) is 5.82 Å². The number of aromatic nitrogens is 1. The number of fused-ring (bicyclic) bond motifs is 1. The molecule has 0 aliphatic rings. The van der Waals surface area contributed by atoms with Gasteiger partial charge in [0.15, 0.2) is 0 Å². The van der Waals surface area contributed by atoms with Crippen molar-refractivity contribution in [3.63, 3.8) is 0 Å². The van der Waals surface area contributed by atoms with E-state index < -0.39 is 5.91 Å². The number of anilines is 1. The predicted molar refractivity (Wildman–Crippen MR) is 83.6 cm³/mol. The Morgan fingerprint density at radius 2 is 2.10 bits per heavy atom. The van der Waals surface area contributed by atoms with E-state index in [-0.39, 0.29) is 5.57 Å². The van der Waals surface area contributed by atoms with Crippen LogP contribution in [0.3, 0.4) is 0 Å². The van der Waals surface area contributed by atoms with Crippen molar-refractivity contribution in [2.75, 3.05) is 19.0 Å². The first-order chi connectivity index (χ1) is 9.92. The molecule has 5 nitrogen and oxygen atoms in total. The van der Waals surface area contributed by atoms with Crippen molar-refractivity contribution in [1.29, 1.82) is 5.26 Å². The van der Waals surface area contributed by atoms with Crippen LogP contribution in [0.5, 0.6) is 0 Å². The number of primary amides is 1. The molecule has 0 saturated heterocycles. The highest BCUT2D eigenvalue weighted by atomic mass is 16.1. The number of carbonyl (C=O) groups is 1. The van der Waals surface area contributed by atoms with Gasteiger partial charge in [-0.2, -0.15) is 5.26 Å². The smallest absolute Gasteiger partial charge is 0.259 e. The minimum atomic E-state index is -0.744. The maximum absolute atomic E-state index is 11.2. The number of rotatable bonds is 3. The first kappa shape index (κ1) is 14.5. The van der Waals surface area contributed by atoms with E-state index in [0.717, 1.165) is 16.5 Å². The van der Waals surface area contributed by atoms with Crippen LogP contribution in [-0.2, 0) is 4.79 Å². The highest BCUT2D eigenvalue weighted by Gasteiger charge is 2.11. The number of aryl methyl sites for hydroxylation is 1. The van der Waals surface area contributed by atoms with Gasteiger partial charge in [-0.1, -0.05) is 12.1 Å². The molecule has 1 heterocycles. The summed E-state index contributed by atoms with van der Waals surface area (Å²) in [6, 6.07) is 9.66. The van der Waals surface area contributed by atoms with E-state index in [1.807, 2.05) is 56.3 Å². The van der Waals surface area contributed by atoms with Gasteiger partial charge in [-0.3, -0.25) is 4.79 Å². The fourth-order valence-corrected chi connectivity index (χ4v) is 2.06. The van der Waals surface area contributed by atoms with Crippen LogP contribution in [0.1, 0.15) is 11.1 Å². The van der Waals surface area contributed by atoms with Crippen molar-refractivity contribution >= 4 is 28.7 Å². The van der Waals surface area contributed by atoms with Crippen molar-refractivity contribution in [2.24, 2.45) is 5.73 Å². The largest absolute Gasteiger partial charge is 0.365 e. The number of benzene rings is 1. The van der Waals surface area contributed by atoms with Crippen LogP contribution < -0.4 is 10.6 Å². The zero-order valence-corrected chi connectivity index (χ0v) is 12.2. The number of nitriles is 1. The first-order valence-corrected chi connectivity index (χ1v) is 6.42. The highest BCUT2D eigenvalue weighted by Crippen LogP contribution is 2.25. The first-order valence-electron chi connectivity index (χ1n) is 6.42. The molecule has 0 unspecified atom stereocenters. The molecule has 0 saturated carbocycles. The van der Waals surface area contributed by atoms with Gasteiger partial charge in [0.1, 0.15) is 17.5 Å². The van der Waals surface area contributed by atoms with Crippen molar-refractivity contribution in [1.82, 2.24) is 4.98 Å². The minimum absolute atomic E-state index is 0.0913. The van der Waals surface area contributed by atoms with E-state index in [2.05, 4.69) is 4.98 Å². The molecule has 2 aromatic rings. The summed E-state index contributed by atoms with van der Waals surface area (Å²) in [4.78, 5) is 17.7. The van der Waals surface area contributed by atoms with Crippen LogP contribution in [0.15, 0.2) is 29.8 Å². The van der Waals surface area contributed by atoms with Crippen molar-refractivity contribution in [3.05, 3.63) is 41.0 Å². The van der Waals surface area contributed by atoms with Gasteiger partial charge in [-0.15, -0.1) is 0 Å². The van der Waals surface area contributed by atoms with E-state index in [9.17, 15) is 4.79 Å². The van der Waals surface area contributed by atoms with E-state index in [1.165, 1.54) is 6.08 Å². The summed E-state index contributed by atoms with van der Waals surface area (Å²) >= 11 is 0. The third-order valence-electron chi connectivity index (χ3n) is 3.09. The minimum Gasteiger partial charge on any atom is -0.365 e. The molecule has 2 rings (SSSR count). The average Bonchev–Trinajstić information content (AvgIpc) is 2.43. The quantitative estimate of drug-likeness (QED) is 0.688. The van der Waals surface area contributed by atoms with E-state index in [1.54, 1.807) is 0 Å². The molecule has 5 heteroatoms. The van der Waals surface area contributed by atoms with Gasteiger partial charge in [0, 0.05) is 25.0 Å². The summed E-state index contributed by atoms with van der Waals surface area (Å²) in [5.74, 6) is -0.0618. The number of carbonyl (C=O) groups excluding carboxylic acids is 1. The number of amides is 1. The van der Waals surface area contributed by atoms with Crippen LogP contribution in [0.25, 0.3) is 17.0 Å². The lowest BCUT2D eigenvalue weighted by Gasteiger charge is -2.16. The molecule has 21 heavy (non-hydrogen) atoms. The zero-order chi connectivity index (χ0) is 15.6. The molecule has 1 aromatic heterocycles. The molecule has 0 bridgehead atoms. The summed E-state index contributed by atoms with van der Waals surface area (Å²) in [5, 5.41) is 9.93. The molecule has 0 atom stereocenters. The number of hydrogen-bond acceptors (Lipinski definition) is 4. The standard InChI is InChI=1S/C16H16N4O/c1-10-4-5-11-7-12(8-13(9-17)15(18)21)16(20(2)3)19-14(11)6-10/h4-8H,1-3H3,(H2,18,21)/b13-8-. The fraction of sp³-hybridized carbons (Fsp3) is 0.188. The molecule has 1 amide bonds. The number of nitrogens with zero attached hydrogens (tertiary/aromatic N) is 3. The molecular formula is C16H16N4O. The third kappa shape index (κ3) is 3.00. The third-order valence-corrected chi connectivity index (χ3v) is 3.09. The lowest BCUT2D eigenvalue weighted by atomic mass is 10.1. The molecule has 1 aromatic carbocycles. The predicted octanol–water partition coefficient (Wildman–Crippen LogP) is 2.00. The molecule has 0 radical (unpaired) electrons. The topological polar surface area (TPSA) is 83.0 Å². The lowest BCUT2D eigenvalue weighted by molar-refractivity contribution is -0.114. The summed E-state index contributed by atoms with van der Waals surface area (Å²) < 4.78 is 0. The van der Waals surface area contributed by atoms with Crippen LogP contribution in [0.2, 0.25) is 0 Å². The Bertz CT molecular complexity index is 785. The fourth-order valence-electron chi connectivity index (χ4n) is 2.06. The molecular weight excluding hydrogens is 264 g/mol. The van der Waals surface area contributed by atoms with Crippen LogP contribution in [-0.4, -0.2) is 25.0 Å². The Hall–Kier alpha value is -2.87. The number of hydrogen-bond donors (Lipinski definition) is 1. The van der Waals surface area contributed by atoms with Gasteiger partial charge in [-0.25, -0.2) is 4.98 Å². The number of pyridine rings is 1. The second kappa shape index (κ2) is 5.63. The summed E-state index contributed by atoms with van der Waals surface area (Å²) in [7, 11) is 3.72. The summed E-state index contributed by atoms with van der Waals surface area (Å²) in [5.41, 5.74) is 7.78. The van der Waals surface area contributed by atoms with Gasteiger partial charge in [-0.05, 0) is 30.7 Å². The van der Waals surface area contributed by atoms with Crippen molar-refractivity contribution < 1.29 is 4.79 Å². The lowest BCUT2D eigenvalue weighted by Crippen LogP contribution is -2.14. The Morgan fingerprint density at radius 1 is 1.38 bits per heavy atom.